The summed E-state index contributed by atoms with van der Waals surface area (Å²) in [4.78, 5) is 0. The molecule has 1 heteroatoms. The SMILES string of the molecule is CC1(C)c2cc(-c3ccc4ccccc4c3)ccc2-c2ccc(C(c3cccc(-c4cccc(-c5ccc6oc7ccccc7c6c5)c4)c3)c3ccc4c(c3)C(C)(C)c3cc(-c5ccc6ccccc6c5)ccc3-4)cc21. The first-order valence-corrected chi connectivity index (χ1v) is 26.8. The number of hydrogen-bond acceptors (Lipinski definition) is 1. The lowest BCUT2D eigenvalue weighted by molar-refractivity contribution is 0.657. The zero-order valence-electron chi connectivity index (χ0n) is 43.2. The second-order valence-electron chi connectivity index (χ2n) is 22.5. The van der Waals surface area contributed by atoms with Crippen LogP contribution in [0.2, 0.25) is 0 Å². The number of rotatable bonds is 7. The highest BCUT2D eigenvalue weighted by Gasteiger charge is 2.39. The van der Waals surface area contributed by atoms with Crippen LogP contribution in [0.5, 0.6) is 0 Å². The third-order valence-corrected chi connectivity index (χ3v) is 17.4. The van der Waals surface area contributed by atoms with E-state index in [1.165, 1.54) is 127 Å². The van der Waals surface area contributed by atoms with Gasteiger partial charge in [0.2, 0.25) is 0 Å². The average molecular weight is 971 g/mol. The maximum absolute atomic E-state index is 6.22. The fourth-order valence-corrected chi connectivity index (χ4v) is 13.2. The minimum atomic E-state index is -0.212. The molecule has 2 aliphatic carbocycles. The van der Waals surface area contributed by atoms with Gasteiger partial charge in [-0.15, -0.1) is 0 Å². The molecule has 0 spiro atoms. The van der Waals surface area contributed by atoms with Crippen LogP contribution >= 0.6 is 0 Å². The molecule has 1 aromatic heterocycles. The Morgan fingerprint density at radius 3 is 1.24 bits per heavy atom. The van der Waals surface area contributed by atoms with E-state index in [4.69, 9.17) is 4.42 Å². The minimum Gasteiger partial charge on any atom is -0.456 e. The van der Waals surface area contributed by atoms with E-state index < -0.39 is 0 Å². The van der Waals surface area contributed by atoms with Gasteiger partial charge in [-0.25, -0.2) is 0 Å². The molecule has 0 aliphatic heterocycles. The van der Waals surface area contributed by atoms with Gasteiger partial charge in [-0.2, -0.15) is 0 Å². The minimum absolute atomic E-state index is 0.0316. The van der Waals surface area contributed by atoms with E-state index in [9.17, 15) is 0 Å². The summed E-state index contributed by atoms with van der Waals surface area (Å²) in [5.41, 5.74) is 25.8. The summed E-state index contributed by atoms with van der Waals surface area (Å²) in [6.07, 6.45) is 0. The second kappa shape index (κ2) is 16.7. The molecule has 0 atom stereocenters. The summed E-state index contributed by atoms with van der Waals surface area (Å²) in [6.45, 7) is 9.68. The highest BCUT2D eigenvalue weighted by Crippen LogP contribution is 2.54. The Hall–Kier alpha value is -9.04. The van der Waals surface area contributed by atoms with E-state index in [2.05, 4.69) is 264 Å². The predicted octanol–water partition coefficient (Wildman–Crippen LogP) is 20.4. The van der Waals surface area contributed by atoms with Crippen molar-refractivity contribution in [2.45, 2.75) is 44.4 Å². The lowest BCUT2D eigenvalue weighted by Crippen LogP contribution is -2.17. The number of hydrogen-bond donors (Lipinski definition) is 0. The number of fused-ring (bicyclic) bond motifs is 11. The molecular weight excluding hydrogens is 917 g/mol. The van der Waals surface area contributed by atoms with Crippen LogP contribution < -0.4 is 0 Å². The van der Waals surface area contributed by atoms with Crippen LogP contribution in [0.15, 0.2) is 253 Å². The Morgan fingerprint density at radius 2 is 0.658 bits per heavy atom. The molecule has 360 valence electrons. The molecule has 1 nitrogen and oxygen atoms in total. The second-order valence-corrected chi connectivity index (χ2v) is 22.5. The van der Waals surface area contributed by atoms with Gasteiger partial charge in [0.05, 0.1) is 0 Å². The van der Waals surface area contributed by atoms with Gasteiger partial charge in [0.1, 0.15) is 11.2 Å². The largest absolute Gasteiger partial charge is 0.456 e. The lowest BCUT2D eigenvalue weighted by Gasteiger charge is -2.27. The van der Waals surface area contributed by atoms with Crippen molar-refractivity contribution in [2.24, 2.45) is 0 Å². The normalized spacial score (nSPS) is 13.9. The van der Waals surface area contributed by atoms with Gasteiger partial charge in [0.15, 0.2) is 0 Å². The van der Waals surface area contributed by atoms with Crippen molar-refractivity contribution in [1.82, 2.24) is 0 Å². The van der Waals surface area contributed by atoms with Crippen molar-refractivity contribution in [3.8, 4) is 66.8 Å². The number of benzene rings is 12. The third kappa shape index (κ3) is 6.99. The summed E-state index contributed by atoms with van der Waals surface area (Å²) in [7, 11) is 0. The number of furan rings is 1. The van der Waals surface area contributed by atoms with Crippen LogP contribution in [0, 0.1) is 0 Å². The van der Waals surface area contributed by atoms with E-state index in [1.54, 1.807) is 0 Å². The summed E-state index contributed by atoms with van der Waals surface area (Å²) < 4.78 is 6.22. The molecule has 0 saturated carbocycles. The van der Waals surface area contributed by atoms with Gasteiger partial charge in [-0.1, -0.05) is 228 Å². The molecule has 12 aromatic carbocycles. The molecule has 13 aromatic rings. The quantitative estimate of drug-likeness (QED) is 0.145. The number of para-hydroxylation sites is 1. The van der Waals surface area contributed by atoms with Crippen LogP contribution in [0.4, 0.5) is 0 Å². The standard InChI is InChI=1S/C75H54O/c1-74(2)67-42-56(53-25-23-46-13-5-7-15-48(46)37-53)27-32-61(67)63-34-29-59(44-69(63)74)73(58-20-12-19-52(40-58)50-17-11-18-51(39-50)55-31-36-72-66(41-55)65-21-9-10-22-71(65)76-72)60-30-35-64-62-33-28-57(43-68(62)75(3,4)70(64)45-60)54-26-24-47-14-6-8-16-49(47)38-54/h5-45,73H,1-4H3. The van der Waals surface area contributed by atoms with E-state index in [1.807, 2.05) is 12.1 Å². The highest BCUT2D eigenvalue weighted by molar-refractivity contribution is 6.06. The van der Waals surface area contributed by atoms with E-state index in [0.717, 1.165) is 21.9 Å². The van der Waals surface area contributed by atoms with Gasteiger partial charge < -0.3 is 4.42 Å². The van der Waals surface area contributed by atoms with Gasteiger partial charge >= 0.3 is 0 Å². The molecule has 15 rings (SSSR count). The highest BCUT2D eigenvalue weighted by atomic mass is 16.3. The van der Waals surface area contributed by atoms with Crippen molar-refractivity contribution < 1.29 is 4.42 Å². The maximum Gasteiger partial charge on any atom is 0.135 e. The Kier molecular flexibility index (Phi) is 9.79. The monoisotopic (exact) mass is 970 g/mol. The van der Waals surface area contributed by atoms with Gasteiger partial charge in [0, 0.05) is 27.5 Å². The molecule has 0 fully saturated rings. The van der Waals surface area contributed by atoms with E-state index >= 15 is 0 Å². The Morgan fingerprint density at radius 1 is 0.263 bits per heavy atom. The maximum atomic E-state index is 6.22. The third-order valence-electron chi connectivity index (χ3n) is 17.4. The van der Waals surface area contributed by atoms with Crippen molar-refractivity contribution in [2.75, 3.05) is 0 Å². The molecule has 0 bridgehead atoms. The molecule has 0 N–H and O–H groups in total. The average Bonchev–Trinajstić information content (AvgIpc) is 4.03. The molecule has 0 saturated heterocycles. The first-order valence-electron chi connectivity index (χ1n) is 26.8. The smallest absolute Gasteiger partial charge is 0.135 e. The molecular formula is C75H54O. The first kappa shape index (κ1) is 44.4. The van der Waals surface area contributed by atoms with Crippen LogP contribution in [0.25, 0.3) is 110 Å². The van der Waals surface area contributed by atoms with E-state index in [0.29, 0.717) is 0 Å². The van der Waals surface area contributed by atoms with Gasteiger partial charge in [-0.3, -0.25) is 0 Å². The summed E-state index contributed by atoms with van der Waals surface area (Å²) in [6, 6.07) is 93.3. The predicted molar refractivity (Wildman–Crippen MR) is 319 cm³/mol. The van der Waals surface area contributed by atoms with Crippen LogP contribution in [-0.2, 0) is 10.8 Å². The van der Waals surface area contributed by atoms with Crippen LogP contribution in [0.3, 0.4) is 0 Å². The molecule has 0 amide bonds. The summed E-state index contributed by atoms with van der Waals surface area (Å²) >= 11 is 0. The van der Waals surface area contributed by atoms with Crippen molar-refractivity contribution in [3.05, 3.63) is 288 Å². The molecule has 0 unspecified atom stereocenters. The zero-order chi connectivity index (χ0) is 50.9. The van der Waals surface area contributed by atoms with E-state index in [-0.39, 0.29) is 16.7 Å². The van der Waals surface area contributed by atoms with Crippen molar-refractivity contribution >= 4 is 43.5 Å². The Balaban J connectivity index is 0.841. The fourth-order valence-electron chi connectivity index (χ4n) is 13.2. The molecule has 2 aliphatic rings. The first-order chi connectivity index (χ1) is 37.1. The van der Waals surface area contributed by atoms with Gasteiger partial charge in [-0.05, 0) is 176 Å². The molecule has 0 radical (unpaired) electrons. The zero-order valence-corrected chi connectivity index (χ0v) is 43.2. The van der Waals surface area contributed by atoms with Crippen LogP contribution in [0.1, 0.15) is 72.6 Å². The van der Waals surface area contributed by atoms with Crippen molar-refractivity contribution in [1.29, 1.82) is 0 Å². The topological polar surface area (TPSA) is 13.1 Å². The Bertz CT molecular complexity index is 4350. The molecule has 76 heavy (non-hydrogen) atoms. The lowest BCUT2D eigenvalue weighted by atomic mass is 9.76. The molecule has 1 heterocycles. The van der Waals surface area contributed by atoms with Crippen molar-refractivity contribution in [3.63, 3.8) is 0 Å². The summed E-state index contributed by atoms with van der Waals surface area (Å²) in [5.74, 6) is -0.0316. The Labute approximate surface area is 444 Å². The fraction of sp³-hybridized carbons (Fsp3) is 0.0933. The van der Waals surface area contributed by atoms with Gasteiger partial charge in [0.25, 0.3) is 0 Å². The van der Waals surface area contributed by atoms with Crippen LogP contribution in [-0.4, -0.2) is 0 Å². The summed E-state index contributed by atoms with van der Waals surface area (Å²) in [5, 5.41) is 7.34.